The third-order valence-corrected chi connectivity index (χ3v) is 7.13. The van der Waals surface area contributed by atoms with Crippen molar-refractivity contribution in [1.29, 1.82) is 0 Å². The van der Waals surface area contributed by atoms with Crippen LogP contribution in [0.3, 0.4) is 0 Å². The van der Waals surface area contributed by atoms with E-state index in [1.54, 1.807) is 20.8 Å². The number of Topliss-reactive ketones (excluding diaryl/α,β-unsaturated/α-hetero) is 2. The number of aliphatic hydroxyl groups excluding tert-OH is 1. The van der Waals surface area contributed by atoms with E-state index in [1.165, 1.54) is 5.57 Å². The fourth-order valence-corrected chi connectivity index (χ4v) is 5.22. The van der Waals surface area contributed by atoms with Gasteiger partial charge in [-0.3, -0.25) is 9.59 Å². The Morgan fingerprint density at radius 1 is 1.30 bits per heavy atom. The zero-order valence-corrected chi connectivity index (χ0v) is 19.7. The summed E-state index contributed by atoms with van der Waals surface area (Å²) in [5.74, 6) is -0.399. The Balaban J connectivity index is 2.31. The van der Waals surface area contributed by atoms with E-state index in [2.05, 4.69) is 32.9 Å². The molecule has 164 valence electrons. The van der Waals surface area contributed by atoms with Crippen LogP contribution < -0.4 is 0 Å². The van der Waals surface area contributed by atoms with Gasteiger partial charge in [0, 0.05) is 17.4 Å². The first kappa shape index (κ1) is 22.6. The zero-order chi connectivity index (χ0) is 22.6. The molecule has 0 bridgehead atoms. The van der Waals surface area contributed by atoms with E-state index in [0.29, 0.717) is 23.7 Å². The predicted molar refractivity (Wildman–Crippen MR) is 119 cm³/mol. The number of ether oxygens (including phenoxy) is 1. The van der Waals surface area contributed by atoms with E-state index in [-0.39, 0.29) is 34.7 Å². The van der Waals surface area contributed by atoms with Gasteiger partial charge in [-0.15, -0.1) is 0 Å². The van der Waals surface area contributed by atoms with Gasteiger partial charge in [0.25, 0.3) is 0 Å². The molecule has 0 unspecified atom stereocenters. The number of carbonyl (C=O) groups is 2. The van der Waals surface area contributed by atoms with Crippen molar-refractivity contribution in [3.05, 3.63) is 46.0 Å². The minimum absolute atomic E-state index is 0.0497. The molecule has 4 nitrogen and oxygen atoms in total. The van der Waals surface area contributed by atoms with Gasteiger partial charge < -0.3 is 9.84 Å². The molecular weight excluding hydrogens is 376 g/mol. The van der Waals surface area contributed by atoms with Crippen LogP contribution in [0.5, 0.6) is 0 Å². The van der Waals surface area contributed by atoms with Crippen LogP contribution in [0.25, 0.3) is 0 Å². The number of hydrogen-bond donors (Lipinski definition) is 1. The lowest BCUT2D eigenvalue weighted by Gasteiger charge is -2.40. The molecule has 0 aromatic rings. The number of fused-ring (bicyclic) bond motifs is 3. The SMILES string of the molecule is CC(C)=CC[C@@]12C(=O)C(C(=O)C(C)C)=C(O)C(C)=C1O[C@]1(C)CCC(C(C)C)=C[C@H]21. The van der Waals surface area contributed by atoms with Gasteiger partial charge in [0.1, 0.15) is 28.1 Å². The Hall–Kier alpha value is -2.10. The van der Waals surface area contributed by atoms with Crippen molar-refractivity contribution in [2.45, 2.75) is 80.3 Å². The number of aliphatic hydroxyl groups is 1. The number of ketones is 2. The standard InChI is InChI=1S/C26H36O4/c1-14(2)9-12-26-19-13-18(15(3)4)10-11-25(19,8)30-24(26)17(7)22(28)20(23(26)29)21(27)16(5)6/h9,13,15-16,19,28H,10-12H2,1-8H3/t19-,25+,26+/m0/s1. The topological polar surface area (TPSA) is 63.6 Å². The lowest BCUT2D eigenvalue weighted by atomic mass is 9.58. The molecule has 0 aromatic heterocycles. The number of allylic oxidation sites excluding steroid dienone is 6. The molecule has 1 aliphatic heterocycles. The van der Waals surface area contributed by atoms with E-state index in [1.807, 2.05) is 13.8 Å². The van der Waals surface area contributed by atoms with Crippen LogP contribution in [-0.2, 0) is 14.3 Å². The first-order valence-corrected chi connectivity index (χ1v) is 11.1. The summed E-state index contributed by atoms with van der Waals surface area (Å²) in [6.45, 7) is 15.8. The summed E-state index contributed by atoms with van der Waals surface area (Å²) in [4.78, 5) is 27.1. The molecule has 4 heteroatoms. The van der Waals surface area contributed by atoms with Crippen LogP contribution in [-0.4, -0.2) is 22.3 Å². The van der Waals surface area contributed by atoms with Crippen LogP contribution in [0.4, 0.5) is 0 Å². The summed E-state index contributed by atoms with van der Waals surface area (Å²) in [6.07, 6.45) is 6.52. The lowest BCUT2D eigenvalue weighted by molar-refractivity contribution is -0.129. The van der Waals surface area contributed by atoms with Gasteiger partial charge in [0.05, 0.1) is 0 Å². The number of hydrogen-bond acceptors (Lipinski definition) is 4. The van der Waals surface area contributed by atoms with Gasteiger partial charge in [0.2, 0.25) is 0 Å². The average Bonchev–Trinajstić information content (AvgIpc) is 2.93. The van der Waals surface area contributed by atoms with Crippen molar-refractivity contribution in [1.82, 2.24) is 0 Å². The van der Waals surface area contributed by atoms with E-state index in [9.17, 15) is 14.7 Å². The molecule has 2 aliphatic carbocycles. The van der Waals surface area contributed by atoms with Crippen LogP contribution in [0.2, 0.25) is 0 Å². The molecule has 3 rings (SSSR count). The Morgan fingerprint density at radius 2 is 1.93 bits per heavy atom. The third kappa shape index (κ3) is 3.19. The second kappa shape index (κ2) is 7.55. The smallest absolute Gasteiger partial charge is 0.184 e. The van der Waals surface area contributed by atoms with Gasteiger partial charge in [-0.25, -0.2) is 0 Å². The normalized spacial score (nSPS) is 30.9. The molecule has 0 saturated carbocycles. The highest BCUT2D eigenvalue weighted by atomic mass is 16.5. The van der Waals surface area contributed by atoms with E-state index in [0.717, 1.165) is 18.4 Å². The quantitative estimate of drug-likeness (QED) is 0.444. The molecule has 3 aliphatic rings. The Bertz CT molecular complexity index is 907. The third-order valence-electron chi connectivity index (χ3n) is 7.13. The number of rotatable bonds is 5. The van der Waals surface area contributed by atoms with E-state index < -0.39 is 11.0 Å². The monoisotopic (exact) mass is 412 g/mol. The fraction of sp³-hybridized carbons (Fsp3) is 0.615. The molecule has 0 amide bonds. The van der Waals surface area contributed by atoms with Gasteiger partial charge in [-0.1, -0.05) is 51.0 Å². The Labute approximate surface area is 180 Å². The van der Waals surface area contributed by atoms with Crippen molar-refractivity contribution < 1.29 is 19.4 Å². The molecule has 0 radical (unpaired) electrons. The average molecular weight is 413 g/mol. The lowest BCUT2D eigenvalue weighted by Crippen LogP contribution is -2.47. The maximum atomic E-state index is 14.1. The minimum Gasteiger partial charge on any atom is -0.507 e. The first-order valence-electron chi connectivity index (χ1n) is 11.1. The second-order valence-corrected chi connectivity index (χ2v) is 10.3. The maximum absolute atomic E-state index is 14.1. The Kier molecular flexibility index (Phi) is 5.68. The molecule has 1 heterocycles. The molecule has 30 heavy (non-hydrogen) atoms. The zero-order valence-electron chi connectivity index (χ0n) is 19.7. The second-order valence-electron chi connectivity index (χ2n) is 10.3. The summed E-state index contributed by atoms with van der Waals surface area (Å²) in [5.41, 5.74) is 1.41. The maximum Gasteiger partial charge on any atom is 0.184 e. The van der Waals surface area contributed by atoms with Crippen LogP contribution in [0, 0.1) is 23.2 Å². The predicted octanol–water partition coefficient (Wildman–Crippen LogP) is 6.00. The van der Waals surface area contributed by atoms with Crippen molar-refractivity contribution in [3.63, 3.8) is 0 Å². The Morgan fingerprint density at radius 3 is 2.47 bits per heavy atom. The van der Waals surface area contributed by atoms with Crippen LogP contribution in [0.1, 0.15) is 74.7 Å². The van der Waals surface area contributed by atoms with Gasteiger partial charge in [-0.05, 0) is 52.9 Å². The summed E-state index contributed by atoms with van der Waals surface area (Å²) in [7, 11) is 0. The van der Waals surface area contributed by atoms with Crippen molar-refractivity contribution in [3.8, 4) is 0 Å². The molecule has 0 aromatic carbocycles. The molecule has 1 N–H and O–H groups in total. The van der Waals surface area contributed by atoms with Gasteiger partial charge >= 0.3 is 0 Å². The minimum atomic E-state index is -0.983. The van der Waals surface area contributed by atoms with Gasteiger partial charge in [0.15, 0.2) is 11.6 Å². The largest absolute Gasteiger partial charge is 0.507 e. The highest BCUT2D eigenvalue weighted by molar-refractivity contribution is 6.25. The molecule has 1 fully saturated rings. The van der Waals surface area contributed by atoms with Crippen LogP contribution >= 0.6 is 0 Å². The van der Waals surface area contributed by atoms with Crippen molar-refractivity contribution in [2.75, 3.05) is 0 Å². The van der Waals surface area contributed by atoms with Crippen molar-refractivity contribution in [2.24, 2.45) is 23.2 Å². The summed E-state index contributed by atoms with van der Waals surface area (Å²) >= 11 is 0. The first-order chi connectivity index (χ1) is 13.9. The molecule has 1 saturated heterocycles. The van der Waals surface area contributed by atoms with Gasteiger partial charge in [-0.2, -0.15) is 0 Å². The molecular formula is C26H36O4. The highest BCUT2D eigenvalue weighted by Gasteiger charge is 2.66. The fourth-order valence-electron chi connectivity index (χ4n) is 5.22. The summed E-state index contributed by atoms with van der Waals surface area (Å²) < 4.78 is 6.54. The number of carbonyl (C=O) groups excluding carboxylic acids is 2. The summed E-state index contributed by atoms with van der Waals surface area (Å²) in [5, 5.41) is 10.9. The molecule has 3 atom stereocenters. The molecule has 0 spiro atoms. The highest BCUT2D eigenvalue weighted by Crippen LogP contribution is 2.62. The van der Waals surface area contributed by atoms with E-state index in [4.69, 9.17) is 4.74 Å². The van der Waals surface area contributed by atoms with Crippen LogP contribution in [0.15, 0.2) is 46.0 Å². The van der Waals surface area contributed by atoms with E-state index >= 15 is 0 Å². The van der Waals surface area contributed by atoms with Crippen molar-refractivity contribution >= 4 is 11.6 Å². The summed E-state index contributed by atoms with van der Waals surface area (Å²) in [6, 6.07) is 0.